The normalized spacial score (nSPS) is 11.4. The van der Waals surface area contributed by atoms with Crippen molar-refractivity contribution in [3.05, 3.63) is 206 Å². The summed E-state index contributed by atoms with van der Waals surface area (Å²) in [7, 11) is 0. The number of hydrogen-bond donors (Lipinski definition) is 0. The summed E-state index contributed by atoms with van der Waals surface area (Å²) in [6.45, 7) is 0. The molecule has 0 N–H and O–H groups in total. The Morgan fingerprint density at radius 2 is 0.879 bits per heavy atom. The highest BCUT2D eigenvalue weighted by atomic mass is 15.0. The molecule has 0 saturated carbocycles. The van der Waals surface area contributed by atoms with Gasteiger partial charge in [-0.1, -0.05) is 158 Å². The van der Waals surface area contributed by atoms with Crippen molar-refractivity contribution in [1.82, 2.24) is 28.9 Å². The third-order valence-corrected chi connectivity index (χ3v) is 10.8. The van der Waals surface area contributed by atoms with E-state index in [1.807, 2.05) is 54.6 Å². The van der Waals surface area contributed by atoms with Gasteiger partial charge in [0.05, 0.1) is 22.4 Å². The number of rotatable bonds is 7. The molecule has 0 bridgehead atoms. The molecular weight excluding hydrogens is 709 g/mol. The van der Waals surface area contributed by atoms with Crippen LogP contribution in [0.4, 0.5) is 0 Å². The first-order valence-electron chi connectivity index (χ1n) is 19.4. The Hall–Kier alpha value is -7.96. The summed E-state index contributed by atoms with van der Waals surface area (Å²) in [5.74, 6) is 1.86. The molecule has 0 unspecified atom stereocenters. The molecule has 6 heteroatoms. The van der Waals surface area contributed by atoms with Crippen molar-refractivity contribution >= 4 is 27.5 Å². The first-order chi connectivity index (χ1) is 28.7. The highest BCUT2D eigenvalue weighted by Gasteiger charge is 2.18. The van der Waals surface area contributed by atoms with E-state index in [0.717, 1.165) is 72.7 Å². The molecule has 7 aromatic carbocycles. The fraction of sp³-hybridized carbons (Fsp3) is 0. The highest BCUT2D eigenvalue weighted by molar-refractivity contribution is 6.10. The number of hydrogen-bond acceptors (Lipinski definition) is 4. The molecule has 0 radical (unpaired) electrons. The number of pyridine rings is 1. The average molecular weight is 743 g/mol. The van der Waals surface area contributed by atoms with Gasteiger partial charge in [0.25, 0.3) is 0 Å². The van der Waals surface area contributed by atoms with Crippen molar-refractivity contribution in [2.45, 2.75) is 0 Å². The van der Waals surface area contributed by atoms with E-state index in [0.29, 0.717) is 17.5 Å². The van der Waals surface area contributed by atoms with Gasteiger partial charge in [-0.3, -0.25) is 4.40 Å². The zero-order valence-corrected chi connectivity index (χ0v) is 31.3. The first-order valence-corrected chi connectivity index (χ1v) is 19.4. The lowest BCUT2D eigenvalue weighted by atomic mass is 9.99. The van der Waals surface area contributed by atoms with Gasteiger partial charge in [0.2, 0.25) is 0 Å². The van der Waals surface area contributed by atoms with E-state index in [1.165, 1.54) is 10.8 Å². The van der Waals surface area contributed by atoms with Crippen LogP contribution in [0.1, 0.15) is 0 Å². The lowest BCUT2D eigenvalue weighted by molar-refractivity contribution is 1.07. The molecule has 0 aliphatic rings. The summed E-state index contributed by atoms with van der Waals surface area (Å²) < 4.78 is 4.48. The molecule has 272 valence electrons. The van der Waals surface area contributed by atoms with Gasteiger partial charge in [-0.2, -0.15) is 0 Å². The van der Waals surface area contributed by atoms with Gasteiger partial charge in [-0.05, 0) is 53.6 Å². The lowest BCUT2D eigenvalue weighted by Crippen LogP contribution is -2.00. The molecule has 0 spiro atoms. The average Bonchev–Trinajstić information content (AvgIpc) is 3.86. The van der Waals surface area contributed by atoms with Gasteiger partial charge in [-0.15, -0.1) is 0 Å². The van der Waals surface area contributed by atoms with Gasteiger partial charge in [-0.25, -0.2) is 19.9 Å². The van der Waals surface area contributed by atoms with Crippen LogP contribution in [0.15, 0.2) is 206 Å². The minimum Gasteiger partial charge on any atom is -0.309 e. The number of fused-ring (bicyclic) bond motifs is 4. The molecule has 58 heavy (non-hydrogen) atoms. The molecule has 4 heterocycles. The van der Waals surface area contributed by atoms with Crippen molar-refractivity contribution in [3.63, 3.8) is 0 Å². The predicted molar refractivity (Wildman–Crippen MR) is 236 cm³/mol. The molecule has 11 rings (SSSR count). The van der Waals surface area contributed by atoms with Crippen LogP contribution in [0, 0.1) is 0 Å². The summed E-state index contributed by atoms with van der Waals surface area (Å²) in [4.78, 5) is 20.4. The van der Waals surface area contributed by atoms with Crippen LogP contribution in [0.25, 0.3) is 101 Å². The summed E-state index contributed by atoms with van der Waals surface area (Å²) in [5.41, 5.74) is 13.4. The Balaban J connectivity index is 1.01. The van der Waals surface area contributed by atoms with Crippen LogP contribution in [0.2, 0.25) is 0 Å². The predicted octanol–water partition coefficient (Wildman–Crippen LogP) is 12.6. The third-order valence-electron chi connectivity index (χ3n) is 10.8. The van der Waals surface area contributed by atoms with Crippen molar-refractivity contribution in [3.8, 4) is 73.5 Å². The standard InChI is InChI=1S/C52H34N6/c1-4-15-37(16-5-1)49-48(53-47-25-12-13-32-57(47)49)36-28-26-35(27-29-36)39-19-14-20-40(33-39)51-54-50(38-17-6-2-7-18-38)55-52(56-51)41-30-31-44-43-23-10-11-24-45(43)58(46(44)34-41)42-21-8-3-9-22-42/h1-34H. The van der Waals surface area contributed by atoms with Gasteiger partial charge >= 0.3 is 0 Å². The fourth-order valence-electron chi connectivity index (χ4n) is 8.04. The third kappa shape index (κ3) is 5.83. The van der Waals surface area contributed by atoms with Crippen LogP contribution in [-0.2, 0) is 0 Å². The zero-order valence-electron chi connectivity index (χ0n) is 31.3. The van der Waals surface area contributed by atoms with E-state index < -0.39 is 0 Å². The van der Waals surface area contributed by atoms with E-state index in [4.69, 9.17) is 19.9 Å². The number of aromatic nitrogens is 6. The molecule has 11 aromatic rings. The molecule has 4 aromatic heterocycles. The van der Waals surface area contributed by atoms with Crippen LogP contribution >= 0.6 is 0 Å². The monoisotopic (exact) mass is 742 g/mol. The number of para-hydroxylation sites is 2. The molecule has 0 saturated heterocycles. The second kappa shape index (κ2) is 14.0. The van der Waals surface area contributed by atoms with Crippen LogP contribution in [0.5, 0.6) is 0 Å². The summed E-state index contributed by atoms with van der Waals surface area (Å²) >= 11 is 0. The van der Waals surface area contributed by atoms with E-state index in [-0.39, 0.29) is 0 Å². The van der Waals surface area contributed by atoms with Crippen LogP contribution in [0.3, 0.4) is 0 Å². The second-order valence-electron chi connectivity index (χ2n) is 14.4. The van der Waals surface area contributed by atoms with Crippen molar-refractivity contribution in [2.75, 3.05) is 0 Å². The van der Waals surface area contributed by atoms with E-state index >= 15 is 0 Å². The van der Waals surface area contributed by atoms with Crippen molar-refractivity contribution in [2.24, 2.45) is 0 Å². The quantitative estimate of drug-likeness (QED) is 0.163. The Morgan fingerprint density at radius 1 is 0.328 bits per heavy atom. The highest BCUT2D eigenvalue weighted by Crippen LogP contribution is 2.37. The molecule has 0 fully saturated rings. The molecule has 0 amide bonds. The van der Waals surface area contributed by atoms with Gasteiger partial charge < -0.3 is 4.57 Å². The van der Waals surface area contributed by atoms with Crippen molar-refractivity contribution in [1.29, 1.82) is 0 Å². The molecule has 6 nitrogen and oxygen atoms in total. The lowest BCUT2D eigenvalue weighted by Gasteiger charge is -2.11. The second-order valence-corrected chi connectivity index (χ2v) is 14.4. The smallest absolute Gasteiger partial charge is 0.164 e. The van der Waals surface area contributed by atoms with E-state index in [1.54, 1.807) is 0 Å². The maximum absolute atomic E-state index is 5.17. The molecule has 0 atom stereocenters. The Morgan fingerprint density at radius 3 is 1.64 bits per heavy atom. The van der Waals surface area contributed by atoms with E-state index in [2.05, 4.69) is 161 Å². The van der Waals surface area contributed by atoms with E-state index in [9.17, 15) is 0 Å². The number of imidazole rings is 1. The molecule has 0 aliphatic heterocycles. The largest absolute Gasteiger partial charge is 0.309 e. The van der Waals surface area contributed by atoms with Crippen molar-refractivity contribution < 1.29 is 0 Å². The Bertz CT molecular complexity index is 3260. The maximum Gasteiger partial charge on any atom is 0.164 e. The SMILES string of the molecule is c1ccc(-c2nc(-c3cccc(-c4ccc(-c5nc6ccccn6c5-c5ccccc5)cc4)c3)nc(-c3ccc4c5ccccc5n(-c5ccccc5)c4c3)n2)cc1. The molecule has 0 aliphatic carbocycles. The maximum atomic E-state index is 5.17. The topological polar surface area (TPSA) is 60.9 Å². The van der Waals surface area contributed by atoms with Crippen LogP contribution < -0.4 is 0 Å². The van der Waals surface area contributed by atoms with Crippen LogP contribution in [-0.4, -0.2) is 28.9 Å². The van der Waals surface area contributed by atoms with Gasteiger partial charge in [0.1, 0.15) is 5.65 Å². The summed E-state index contributed by atoms with van der Waals surface area (Å²) in [6, 6.07) is 69.4. The van der Waals surface area contributed by atoms with Gasteiger partial charge in [0.15, 0.2) is 17.5 Å². The number of nitrogens with zero attached hydrogens (tertiary/aromatic N) is 6. The fourth-order valence-corrected chi connectivity index (χ4v) is 8.04. The number of benzene rings is 7. The summed E-state index contributed by atoms with van der Waals surface area (Å²) in [5, 5.41) is 2.38. The molecular formula is C52H34N6. The minimum absolute atomic E-state index is 0.614. The Labute approximate surface area is 335 Å². The van der Waals surface area contributed by atoms with Gasteiger partial charge in [0, 0.05) is 50.5 Å². The summed E-state index contributed by atoms with van der Waals surface area (Å²) in [6.07, 6.45) is 2.08. The first kappa shape index (κ1) is 33.4. The minimum atomic E-state index is 0.614. The zero-order chi connectivity index (χ0) is 38.4. The Kier molecular flexibility index (Phi) is 8.04.